The number of methoxy groups -OCH3 is 1. The fourth-order valence-electron chi connectivity index (χ4n) is 1.90. The van der Waals surface area contributed by atoms with Gasteiger partial charge in [-0.15, -0.1) is 0 Å². The third kappa shape index (κ3) is 2.80. The maximum absolute atomic E-state index is 12.9. The molecule has 0 aliphatic heterocycles. The first-order valence-corrected chi connectivity index (χ1v) is 8.18. The van der Waals surface area contributed by atoms with Gasteiger partial charge < -0.3 is 9.30 Å². The van der Waals surface area contributed by atoms with E-state index in [1.165, 1.54) is 0 Å². The molecular formula is C16H17O2P. The first kappa shape index (κ1) is 13.6. The van der Waals surface area contributed by atoms with Crippen LogP contribution in [0.25, 0.3) is 5.31 Å². The first-order chi connectivity index (χ1) is 9.05. The summed E-state index contributed by atoms with van der Waals surface area (Å²) in [5.74, 6) is 0.780. The van der Waals surface area contributed by atoms with Crippen LogP contribution in [0.15, 0.2) is 61.2 Å². The van der Waals surface area contributed by atoms with Gasteiger partial charge in [-0.2, -0.15) is 0 Å². The van der Waals surface area contributed by atoms with Crippen LogP contribution in [0.3, 0.4) is 0 Å². The fourth-order valence-corrected chi connectivity index (χ4v) is 3.59. The largest absolute Gasteiger partial charge is 0.497 e. The molecule has 0 saturated carbocycles. The average molecular weight is 272 g/mol. The molecule has 0 spiro atoms. The maximum Gasteiger partial charge on any atom is 0.140 e. The van der Waals surface area contributed by atoms with Crippen LogP contribution >= 0.6 is 7.14 Å². The van der Waals surface area contributed by atoms with Gasteiger partial charge in [-0.1, -0.05) is 49.0 Å². The molecule has 0 N–H and O–H groups in total. The SMILES string of the molecule is C=C(c1ccc(OC)cc1)[P@](C)(=O)c1ccccc1. The van der Waals surface area contributed by atoms with Gasteiger partial charge in [0.2, 0.25) is 0 Å². The zero-order valence-electron chi connectivity index (χ0n) is 11.2. The Hall–Kier alpha value is -1.79. The van der Waals surface area contributed by atoms with Gasteiger partial charge >= 0.3 is 0 Å². The van der Waals surface area contributed by atoms with E-state index in [1.54, 1.807) is 13.8 Å². The zero-order valence-corrected chi connectivity index (χ0v) is 12.1. The molecule has 1 atom stereocenters. The minimum Gasteiger partial charge on any atom is -0.497 e. The lowest BCUT2D eigenvalue weighted by Gasteiger charge is -2.17. The molecule has 0 radical (unpaired) electrons. The van der Waals surface area contributed by atoms with Gasteiger partial charge in [-0.25, -0.2) is 0 Å². The number of benzene rings is 2. The summed E-state index contributed by atoms with van der Waals surface area (Å²) < 4.78 is 18.1. The van der Waals surface area contributed by atoms with Crippen LogP contribution in [-0.2, 0) is 4.57 Å². The van der Waals surface area contributed by atoms with E-state index in [1.807, 2.05) is 54.6 Å². The molecule has 0 amide bonds. The average Bonchev–Trinajstić information content (AvgIpc) is 2.47. The molecule has 2 aromatic carbocycles. The van der Waals surface area contributed by atoms with Gasteiger partial charge in [0.1, 0.15) is 12.9 Å². The normalized spacial score (nSPS) is 13.6. The molecule has 3 heteroatoms. The van der Waals surface area contributed by atoms with E-state index in [9.17, 15) is 4.57 Å². The van der Waals surface area contributed by atoms with Crippen LogP contribution in [0.1, 0.15) is 5.56 Å². The fraction of sp³-hybridized carbons (Fsp3) is 0.125. The van der Waals surface area contributed by atoms with E-state index < -0.39 is 7.14 Å². The number of ether oxygens (including phenoxy) is 1. The van der Waals surface area contributed by atoms with Crippen LogP contribution in [0, 0.1) is 0 Å². The highest BCUT2D eigenvalue weighted by Gasteiger charge is 2.23. The van der Waals surface area contributed by atoms with E-state index in [0.717, 1.165) is 16.6 Å². The molecular weight excluding hydrogens is 255 g/mol. The van der Waals surface area contributed by atoms with Crippen LogP contribution in [0.5, 0.6) is 5.75 Å². The molecule has 0 unspecified atom stereocenters. The zero-order chi connectivity index (χ0) is 13.9. The van der Waals surface area contributed by atoms with Crippen LogP contribution in [0.4, 0.5) is 0 Å². The topological polar surface area (TPSA) is 26.3 Å². The molecule has 0 aromatic heterocycles. The van der Waals surface area contributed by atoms with Crippen molar-refractivity contribution in [2.75, 3.05) is 13.8 Å². The van der Waals surface area contributed by atoms with E-state index >= 15 is 0 Å². The van der Waals surface area contributed by atoms with Crippen molar-refractivity contribution < 1.29 is 9.30 Å². The monoisotopic (exact) mass is 272 g/mol. The quantitative estimate of drug-likeness (QED) is 0.787. The predicted octanol–water partition coefficient (Wildman–Crippen LogP) is 3.98. The van der Waals surface area contributed by atoms with Crippen LogP contribution < -0.4 is 10.0 Å². The lowest BCUT2D eigenvalue weighted by Crippen LogP contribution is -2.03. The molecule has 0 aliphatic carbocycles. The summed E-state index contributed by atoms with van der Waals surface area (Å²) in [4.78, 5) is 0. The van der Waals surface area contributed by atoms with Crippen molar-refractivity contribution in [1.29, 1.82) is 0 Å². The van der Waals surface area contributed by atoms with Crippen molar-refractivity contribution >= 4 is 17.8 Å². The van der Waals surface area contributed by atoms with Crippen molar-refractivity contribution in [2.45, 2.75) is 0 Å². The maximum atomic E-state index is 12.9. The molecule has 0 aliphatic rings. The number of hydrogen-bond donors (Lipinski definition) is 0. The van der Waals surface area contributed by atoms with Crippen molar-refractivity contribution in [3.63, 3.8) is 0 Å². The molecule has 0 bridgehead atoms. The Balaban J connectivity index is 2.35. The lowest BCUT2D eigenvalue weighted by atomic mass is 10.2. The molecule has 19 heavy (non-hydrogen) atoms. The molecule has 0 fully saturated rings. The van der Waals surface area contributed by atoms with Gasteiger partial charge in [-0.3, -0.25) is 0 Å². The molecule has 2 nitrogen and oxygen atoms in total. The van der Waals surface area contributed by atoms with Gasteiger partial charge in [0, 0.05) is 10.6 Å². The Morgan fingerprint density at radius 2 is 1.63 bits per heavy atom. The summed E-state index contributed by atoms with van der Waals surface area (Å²) in [6, 6.07) is 17.0. The number of rotatable bonds is 4. The summed E-state index contributed by atoms with van der Waals surface area (Å²) in [5.41, 5.74) is 0.885. The Labute approximate surface area is 114 Å². The van der Waals surface area contributed by atoms with Gasteiger partial charge in [0.05, 0.1) is 7.11 Å². The third-order valence-electron chi connectivity index (χ3n) is 3.19. The number of hydrogen-bond acceptors (Lipinski definition) is 2. The highest BCUT2D eigenvalue weighted by molar-refractivity contribution is 7.80. The molecule has 0 heterocycles. The van der Waals surface area contributed by atoms with E-state index in [2.05, 4.69) is 6.58 Å². The molecule has 2 rings (SSSR count). The van der Waals surface area contributed by atoms with Crippen LogP contribution in [-0.4, -0.2) is 13.8 Å². The predicted molar refractivity (Wildman–Crippen MR) is 81.6 cm³/mol. The minimum atomic E-state index is -2.62. The second-order valence-corrected chi connectivity index (χ2v) is 7.34. The lowest BCUT2D eigenvalue weighted by molar-refractivity contribution is 0.415. The van der Waals surface area contributed by atoms with Gasteiger partial charge in [-0.05, 0) is 24.4 Å². The van der Waals surface area contributed by atoms with Crippen LogP contribution in [0.2, 0.25) is 0 Å². The van der Waals surface area contributed by atoms with E-state index in [-0.39, 0.29) is 0 Å². The summed E-state index contributed by atoms with van der Waals surface area (Å²) in [5, 5.41) is 1.50. The highest BCUT2D eigenvalue weighted by Crippen LogP contribution is 2.53. The van der Waals surface area contributed by atoms with Gasteiger partial charge in [0.25, 0.3) is 0 Å². The van der Waals surface area contributed by atoms with Gasteiger partial charge in [0.15, 0.2) is 0 Å². The van der Waals surface area contributed by atoms with Crippen molar-refractivity contribution in [2.24, 2.45) is 0 Å². The smallest absolute Gasteiger partial charge is 0.140 e. The Morgan fingerprint density at radius 3 is 2.16 bits per heavy atom. The molecule has 98 valence electrons. The highest BCUT2D eigenvalue weighted by atomic mass is 31.2. The standard InChI is InChI=1S/C16H17O2P/c1-13(14-9-11-15(18-2)12-10-14)19(3,17)16-7-5-4-6-8-16/h4-12H,1H2,2-3H3/t19-/m0/s1. The molecule has 0 saturated heterocycles. The summed E-state index contributed by atoms with van der Waals surface area (Å²) >= 11 is 0. The van der Waals surface area contributed by atoms with E-state index in [0.29, 0.717) is 5.31 Å². The van der Waals surface area contributed by atoms with Crippen molar-refractivity contribution in [3.05, 3.63) is 66.7 Å². The summed E-state index contributed by atoms with van der Waals surface area (Å²) in [7, 11) is -0.993. The third-order valence-corrected chi connectivity index (χ3v) is 5.76. The Morgan fingerprint density at radius 1 is 1.05 bits per heavy atom. The van der Waals surface area contributed by atoms with Crippen molar-refractivity contribution in [1.82, 2.24) is 0 Å². The van der Waals surface area contributed by atoms with Crippen molar-refractivity contribution in [3.8, 4) is 5.75 Å². The summed E-state index contributed by atoms with van der Waals surface area (Å²) in [6.45, 7) is 5.78. The second kappa shape index (κ2) is 5.46. The minimum absolute atomic E-state index is 0.668. The Kier molecular flexibility index (Phi) is 3.92. The first-order valence-electron chi connectivity index (χ1n) is 6.02. The molecule has 2 aromatic rings. The Bertz CT molecular complexity index is 615. The second-order valence-electron chi connectivity index (χ2n) is 4.43. The summed E-state index contributed by atoms with van der Waals surface area (Å²) in [6.07, 6.45) is 0. The van der Waals surface area contributed by atoms with E-state index in [4.69, 9.17) is 4.74 Å².